The molecule has 8 heteroatoms. The van der Waals surface area contributed by atoms with Crippen LogP contribution >= 0.6 is 0 Å². The number of amides is 2. The maximum Gasteiger partial charge on any atom is 0.252 e. The maximum absolute atomic E-state index is 13.5. The van der Waals surface area contributed by atoms with Gasteiger partial charge in [-0.15, -0.1) is 0 Å². The molecule has 1 unspecified atom stereocenters. The minimum Gasteiger partial charge on any atom is -0.274 e. The Bertz CT molecular complexity index is 1130. The van der Waals surface area contributed by atoms with Gasteiger partial charge in [-0.25, -0.2) is 17.7 Å². The lowest BCUT2D eigenvalue weighted by Gasteiger charge is -2.27. The van der Waals surface area contributed by atoms with Crippen LogP contribution in [0.1, 0.15) is 38.5 Å². The third-order valence-corrected chi connectivity index (χ3v) is 7.87. The Balaban J connectivity index is 1.66. The molecule has 2 aliphatic rings. The largest absolute Gasteiger partial charge is 0.274 e. The molecule has 4 rings (SSSR count). The van der Waals surface area contributed by atoms with Crippen LogP contribution in [-0.2, 0) is 19.6 Å². The average Bonchev–Trinajstić information content (AvgIpc) is 3.09. The minimum atomic E-state index is -4.01. The molecule has 1 fully saturated rings. The van der Waals surface area contributed by atoms with E-state index >= 15 is 0 Å². The van der Waals surface area contributed by atoms with Gasteiger partial charge in [-0.2, -0.15) is 4.31 Å². The summed E-state index contributed by atoms with van der Waals surface area (Å²) in [5, 5.41) is 0. The SMILES string of the molecule is O=C1CC(N(CCC2=CCCCC2)S(=O)(=O)c2ccccc2)C(=O)N1c1ccc(F)cc1. The highest BCUT2D eigenvalue weighted by Gasteiger charge is 2.46. The van der Waals surface area contributed by atoms with Crippen LogP contribution in [-0.4, -0.2) is 37.1 Å². The summed E-state index contributed by atoms with van der Waals surface area (Å²) in [5.74, 6) is -1.60. The van der Waals surface area contributed by atoms with E-state index in [1.165, 1.54) is 34.1 Å². The number of halogens is 1. The number of rotatable bonds is 7. The van der Waals surface area contributed by atoms with Gasteiger partial charge in [0, 0.05) is 6.54 Å². The summed E-state index contributed by atoms with van der Waals surface area (Å²) in [5.41, 5.74) is 1.41. The van der Waals surface area contributed by atoms with E-state index in [-0.39, 0.29) is 23.5 Å². The lowest BCUT2D eigenvalue weighted by Crippen LogP contribution is -2.46. The molecule has 1 saturated heterocycles. The second-order valence-electron chi connectivity index (χ2n) is 8.05. The number of anilines is 1. The second-order valence-corrected chi connectivity index (χ2v) is 9.94. The van der Waals surface area contributed by atoms with Gasteiger partial charge in [0.2, 0.25) is 15.9 Å². The summed E-state index contributed by atoms with van der Waals surface area (Å²) in [6, 6.07) is 11.8. The minimum absolute atomic E-state index is 0.0816. The highest BCUT2D eigenvalue weighted by molar-refractivity contribution is 7.89. The number of carbonyl (C=O) groups is 2. The lowest BCUT2D eigenvalue weighted by atomic mass is 9.97. The normalized spacial score (nSPS) is 19.5. The molecule has 0 N–H and O–H groups in total. The maximum atomic E-state index is 13.5. The fourth-order valence-corrected chi connectivity index (χ4v) is 5.86. The Hall–Kier alpha value is -2.84. The molecule has 0 radical (unpaired) electrons. The monoisotopic (exact) mass is 456 g/mol. The average molecular weight is 457 g/mol. The van der Waals surface area contributed by atoms with Gasteiger partial charge in [-0.3, -0.25) is 9.59 Å². The van der Waals surface area contributed by atoms with E-state index in [4.69, 9.17) is 0 Å². The molecule has 1 heterocycles. The van der Waals surface area contributed by atoms with Crippen LogP contribution in [0, 0.1) is 5.82 Å². The number of imide groups is 1. The van der Waals surface area contributed by atoms with Crippen molar-refractivity contribution >= 4 is 27.5 Å². The number of hydrogen-bond donors (Lipinski definition) is 0. The zero-order valence-electron chi connectivity index (χ0n) is 17.6. The first-order chi connectivity index (χ1) is 15.4. The number of allylic oxidation sites excluding steroid dienone is 1. The molecule has 0 bridgehead atoms. The number of benzene rings is 2. The van der Waals surface area contributed by atoms with Crippen LogP contribution in [0.4, 0.5) is 10.1 Å². The quantitative estimate of drug-likeness (QED) is 0.466. The Kier molecular flexibility index (Phi) is 6.53. The zero-order valence-corrected chi connectivity index (χ0v) is 18.4. The standard InChI is InChI=1S/C24H25FN2O4S/c25-19-11-13-20(14-12-19)27-23(28)17-22(24(27)29)26(16-15-18-7-3-1-4-8-18)32(30,31)21-9-5-2-6-10-21/h2,5-7,9-14,22H,1,3-4,8,15-17H2. The molecule has 2 aromatic rings. The van der Waals surface area contributed by atoms with Crippen molar-refractivity contribution in [3.63, 3.8) is 0 Å². The molecule has 1 aliphatic heterocycles. The van der Waals surface area contributed by atoms with Gasteiger partial charge in [0.05, 0.1) is 17.0 Å². The van der Waals surface area contributed by atoms with Crippen molar-refractivity contribution < 1.29 is 22.4 Å². The molecule has 1 aliphatic carbocycles. The van der Waals surface area contributed by atoms with Gasteiger partial charge < -0.3 is 0 Å². The zero-order chi connectivity index (χ0) is 22.7. The summed E-state index contributed by atoms with van der Waals surface area (Å²) >= 11 is 0. The van der Waals surface area contributed by atoms with Gasteiger partial charge in [0.15, 0.2) is 0 Å². The molecule has 168 valence electrons. The first kappa shape index (κ1) is 22.4. The Morgan fingerprint density at radius 1 is 1.00 bits per heavy atom. The number of carbonyl (C=O) groups excluding carboxylic acids is 2. The Morgan fingerprint density at radius 2 is 1.72 bits per heavy atom. The lowest BCUT2D eigenvalue weighted by molar-refractivity contribution is -0.122. The van der Waals surface area contributed by atoms with Crippen molar-refractivity contribution in [1.82, 2.24) is 4.31 Å². The third-order valence-electron chi connectivity index (χ3n) is 5.94. The molecule has 0 spiro atoms. The molecule has 32 heavy (non-hydrogen) atoms. The fourth-order valence-electron chi connectivity index (χ4n) is 4.26. The summed E-state index contributed by atoms with van der Waals surface area (Å²) < 4.78 is 41.5. The predicted molar refractivity (Wildman–Crippen MR) is 119 cm³/mol. The third kappa shape index (κ3) is 4.52. The van der Waals surface area contributed by atoms with Crippen LogP contribution in [0.25, 0.3) is 0 Å². The predicted octanol–water partition coefficient (Wildman–Crippen LogP) is 4.04. The number of sulfonamides is 1. The Labute approximate surface area is 187 Å². The van der Waals surface area contributed by atoms with E-state index < -0.39 is 33.7 Å². The van der Waals surface area contributed by atoms with Crippen molar-refractivity contribution in [3.8, 4) is 0 Å². The molecule has 2 aromatic carbocycles. The summed E-state index contributed by atoms with van der Waals surface area (Å²) in [7, 11) is -4.01. The van der Waals surface area contributed by atoms with Crippen LogP contribution < -0.4 is 4.90 Å². The van der Waals surface area contributed by atoms with E-state index in [0.717, 1.165) is 42.7 Å². The summed E-state index contributed by atoms with van der Waals surface area (Å²) in [6.45, 7) is 0.115. The highest BCUT2D eigenvalue weighted by atomic mass is 32.2. The highest BCUT2D eigenvalue weighted by Crippen LogP contribution is 2.31. The van der Waals surface area contributed by atoms with Gasteiger partial charge in [-0.05, 0) is 68.5 Å². The number of hydrogen-bond acceptors (Lipinski definition) is 4. The smallest absolute Gasteiger partial charge is 0.252 e. The second kappa shape index (κ2) is 9.34. The van der Waals surface area contributed by atoms with Gasteiger partial charge in [-0.1, -0.05) is 29.8 Å². The van der Waals surface area contributed by atoms with E-state index in [9.17, 15) is 22.4 Å². The molecular weight excluding hydrogens is 431 g/mol. The number of nitrogens with zero attached hydrogens (tertiary/aromatic N) is 2. The van der Waals surface area contributed by atoms with Crippen LogP contribution in [0.3, 0.4) is 0 Å². The van der Waals surface area contributed by atoms with Crippen LogP contribution in [0.2, 0.25) is 0 Å². The van der Waals surface area contributed by atoms with Gasteiger partial charge >= 0.3 is 0 Å². The first-order valence-electron chi connectivity index (χ1n) is 10.7. The molecule has 1 atom stereocenters. The topological polar surface area (TPSA) is 74.8 Å². The summed E-state index contributed by atoms with van der Waals surface area (Å²) in [6.07, 6.45) is 6.48. The molecule has 0 saturated carbocycles. The van der Waals surface area contributed by atoms with Crippen molar-refractivity contribution in [3.05, 3.63) is 72.1 Å². The van der Waals surface area contributed by atoms with E-state index in [2.05, 4.69) is 6.08 Å². The molecule has 0 aromatic heterocycles. The van der Waals surface area contributed by atoms with Crippen LogP contribution in [0.5, 0.6) is 0 Å². The summed E-state index contributed by atoms with van der Waals surface area (Å²) in [4.78, 5) is 27.0. The van der Waals surface area contributed by atoms with Crippen molar-refractivity contribution in [2.45, 2.75) is 49.5 Å². The molecule has 6 nitrogen and oxygen atoms in total. The Morgan fingerprint density at radius 3 is 2.38 bits per heavy atom. The van der Waals surface area contributed by atoms with Crippen LogP contribution in [0.15, 0.2) is 71.1 Å². The molecule has 2 amide bonds. The van der Waals surface area contributed by atoms with Gasteiger partial charge in [0.25, 0.3) is 5.91 Å². The fraction of sp³-hybridized carbons (Fsp3) is 0.333. The van der Waals surface area contributed by atoms with E-state index in [0.29, 0.717) is 6.42 Å². The van der Waals surface area contributed by atoms with Gasteiger partial charge in [0.1, 0.15) is 11.9 Å². The van der Waals surface area contributed by atoms with Crippen molar-refractivity contribution in [2.24, 2.45) is 0 Å². The van der Waals surface area contributed by atoms with E-state index in [1.54, 1.807) is 18.2 Å². The van der Waals surface area contributed by atoms with Crippen molar-refractivity contribution in [1.29, 1.82) is 0 Å². The van der Waals surface area contributed by atoms with Crippen molar-refractivity contribution in [2.75, 3.05) is 11.4 Å². The van der Waals surface area contributed by atoms with E-state index in [1.807, 2.05) is 0 Å². The molecular formula is C24H25FN2O4S. The first-order valence-corrected chi connectivity index (χ1v) is 12.2.